The predicted molar refractivity (Wildman–Crippen MR) is 175 cm³/mol. The fourth-order valence-corrected chi connectivity index (χ4v) is 6.78. The van der Waals surface area contributed by atoms with Gasteiger partial charge in [-0.1, -0.05) is 47.2 Å². The molecule has 3 aromatic carbocycles. The number of carbonyl (C=O) groups excluding carboxylic acids is 1. The van der Waals surface area contributed by atoms with E-state index in [0.29, 0.717) is 71.5 Å². The second-order valence-corrected chi connectivity index (χ2v) is 11.9. The molecule has 0 radical (unpaired) electrons. The minimum atomic E-state index is -0.838. The summed E-state index contributed by atoms with van der Waals surface area (Å²) in [6.45, 7) is 4.69. The van der Waals surface area contributed by atoms with Crippen LogP contribution in [0.3, 0.4) is 0 Å². The number of nitriles is 1. The zero-order valence-electron chi connectivity index (χ0n) is 24.5. The molecular formula is C33H27BrClN3O6S. The van der Waals surface area contributed by atoms with Gasteiger partial charge in [0.1, 0.15) is 12.4 Å². The first-order valence-corrected chi connectivity index (χ1v) is 15.9. The lowest BCUT2D eigenvalue weighted by Gasteiger charge is -2.23. The van der Waals surface area contributed by atoms with Gasteiger partial charge in [0.15, 0.2) is 16.3 Å². The first kappa shape index (κ1) is 32.0. The van der Waals surface area contributed by atoms with Gasteiger partial charge in [-0.05, 0) is 71.7 Å². The van der Waals surface area contributed by atoms with Crippen molar-refractivity contribution in [2.75, 3.05) is 20.3 Å². The maximum Gasteiger partial charge on any atom is 0.337 e. The summed E-state index contributed by atoms with van der Waals surface area (Å²) in [5.41, 5.74) is 2.19. The van der Waals surface area contributed by atoms with Crippen molar-refractivity contribution < 1.29 is 23.7 Å². The Morgan fingerprint density at radius 1 is 1.11 bits per heavy atom. The Balaban J connectivity index is 1.63. The molecule has 4 aromatic rings. The second-order valence-electron chi connectivity index (χ2n) is 9.61. The molecule has 12 heteroatoms. The molecule has 0 bridgehead atoms. The van der Waals surface area contributed by atoms with Gasteiger partial charge in [0.05, 0.1) is 52.6 Å². The molecule has 0 aliphatic carbocycles. The Kier molecular flexibility index (Phi) is 10.1. The summed E-state index contributed by atoms with van der Waals surface area (Å²) in [5, 5.41) is 9.91. The van der Waals surface area contributed by atoms with E-state index in [-0.39, 0.29) is 17.7 Å². The number of esters is 1. The summed E-state index contributed by atoms with van der Waals surface area (Å²) in [4.78, 5) is 31.9. The van der Waals surface area contributed by atoms with E-state index in [1.165, 1.54) is 17.9 Å². The molecule has 0 spiro atoms. The Bertz CT molecular complexity index is 2030. The number of hydrogen-bond donors (Lipinski definition) is 0. The molecule has 0 saturated carbocycles. The number of aromatic nitrogens is 1. The highest BCUT2D eigenvalue weighted by molar-refractivity contribution is 9.10. The van der Waals surface area contributed by atoms with Gasteiger partial charge in [-0.15, -0.1) is 0 Å². The lowest BCUT2D eigenvalue weighted by Crippen LogP contribution is -2.39. The zero-order valence-corrected chi connectivity index (χ0v) is 27.7. The minimum Gasteiger partial charge on any atom is -0.490 e. The van der Waals surface area contributed by atoms with Gasteiger partial charge in [0, 0.05) is 22.3 Å². The molecule has 0 unspecified atom stereocenters. The normalized spacial score (nSPS) is 14.1. The van der Waals surface area contributed by atoms with Crippen LogP contribution < -0.4 is 29.1 Å². The number of nitrogens with zero attached hydrogens (tertiary/aromatic N) is 3. The van der Waals surface area contributed by atoms with Crippen molar-refractivity contribution in [1.29, 1.82) is 5.26 Å². The molecule has 0 fully saturated rings. The summed E-state index contributed by atoms with van der Waals surface area (Å²) >= 11 is 11.1. The lowest BCUT2D eigenvalue weighted by molar-refractivity contribution is -0.136. The van der Waals surface area contributed by atoms with Crippen molar-refractivity contribution in [2.45, 2.75) is 26.5 Å². The van der Waals surface area contributed by atoms with E-state index in [2.05, 4.69) is 27.0 Å². The standard InChI is InChI=1S/C33H27BrClN3O6S/c1-4-42-26-11-10-19(13-27(26)43-5-2)29-24(32(40)41-3)17-37-33-38(29)31(39)28(45-33)14-22-12-23(35)15-25(34)30(22)44-18-21-9-7-6-8-20(21)16-36/h6-15,17,29H,4-5,18H2,1-3H3/b28-14+/t29-/m1/s1. The third-order valence-corrected chi connectivity index (χ3v) is 8.65. The van der Waals surface area contributed by atoms with Crippen molar-refractivity contribution in [3.05, 3.63) is 118 Å². The highest BCUT2D eigenvalue weighted by Crippen LogP contribution is 2.36. The summed E-state index contributed by atoms with van der Waals surface area (Å²) in [5.74, 6) is 0.869. The smallest absolute Gasteiger partial charge is 0.337 e. The van der Waals surface area contributed by atoms with Gasteiger partial charge < -0.3 is 18.9 Å². The maximum absolute atomic E-state index is 14.1. The van der Waals surface area contributed by atoms with Crippen molar-refractivity contribution in [3.63, 3.8) is 0 Å². The van der Waals surface area contributed by atoms with E-state index >= 15 is 0 Å². The Morgan fingerprint density at radius 2 is 1.87 bits per heavy atom. The number of fused-ring (bicyclic) bond motifs is 1. The van der Waals surface area contributed by atoms with Crippen molar-refractivity contribution in [3.8, 4) is 23.3 Å². The van der Waals surface area contributed by atoms with Gasteiger partial charge in [0.25, 0.3) is 5.56 Å². The molecule has 1 atom stereocenters. The summed E-state index contributed by atoms with van der Waals surface area (Å²) in [6, 6.07) is 17.2. The topological polar surface area (TPSA) is 112 Å². The van der Waals surface area contributed by atoms with Gasteiger partial charge >= 0.3 is 5.97 Å². The quantitative estimate of drug-likeness (QED) is 0.195. The number of ether oxygens (including phenoxy) is 4. The number of benzene rings is 3. The third-order valence-electron chi connectivity index (χ3n) is 6.84. The van der Waals surface area contributed by atoms with E-state index in [0.717, 1.165) is 11.3 Å². The molecule has 2 heterocycles. The number of thiazole rings is 1. The number of hydrogen-bond acceptors (Lipinski definition) is 9. The van der Waals surface area contributed by atoms with E-state index in [1.807, 2.05) is 26.0 Å². The molecule has 1 aliphatic rings. The van der Waals surface area contributed by atoms with Crippen LogP contribution in [-0.2, 0) is 16.1 Å². The minimum absolute atomic E-state index is 0.119. The number of halogens is 2. The SMILES string of the molecule is CCOc1ccc([C@@H]2C(C(=O)OC)=CN=c3s/c(=C/c4cc(Cl)cc(Br)c4OCc4ccccc4C#N)c(=O)n32)cc1OCC. The van der Waals surface area contributed by atoms with Gasteiger partial charge in [-0.3, -0.25) is 9.36 Å². The van der Waals surface area contributed by atoms with E-state index in [4.69, 9.17) is 30.5 Å². The highest BCUT2D eigenvalue weighted by Gasteiger charge is 2.31. The van der Waals surface area contributed by atoms with Crippen LogP contribution in [0.2, 0.25) is 5.02 Å². The molecule has 0 saturated heterocycles. The Morgan fingerprint density at radius 3 is 2.60 bits per heavy atom. The molecule has 5 rings (SSSR count). The first-order valence-electron chi connectivity index (χ1n) is 13.9. The summed E-state index contributed by atoms with van der Waals surface area (Å²) < 4.78 is 25.2. The van der Waals surface area contributed by atoms with Crippen LogP contribution in [-0.4, -0.2) is 30.9 Å². The average Bonchev–Trinajstić information content (AvgIpc) is 3.35. The fourth-order valence-electron chi connectivity index (χ4n) is 4.87. The Labute approximate surface area is 276 Å². The highest BCUT2D eigenvalue weighted by atomic mass is 79.9. The summed E-state index contributed by atoms with van der Waals surface area (Å²) in [7, 11) is 1.28. The van der Waals surface area contributed by atoms with Gasteiger partial charge in [0.2, 0.25) is 0 Å². The van der Waals surface area contributed by atoms with Gasteiger partial charge in [-0.2, -0.15) is 5.26 Å². The summed E-state index contributed by atoms with van der Waals surface area (Å²) in [6.07, 6.45) is 3.11. The van der Waals surface area contributed by atoms with Crippen LogP contribution in [0.25, 0.3) is 6.08 Å². The van der Waals surface area contributed by atoms with Crippen LogP contribution in [0.5, 0.6) is 17.2 Å². The van der Waals surface area contributed by atoms with E-state index in [9.17, 15) is 14.9 Å². The molecule has 230 valence electrons. The molecule has 1 aliphatic heterocycles. The average molecular weight is 709 g/mol. The maximum atomic E-state index is 14.1. The number of rotatable bonds is 10. The molecule has 45 heavy (non-hydrogen) atoms. The fraction of sp³-hybridized carbons (Fsp3) is 0.212. The van der Waals surface area contributed by atoms with Crippen LogP contribution in [0.4, 0.5) is 0 Å². The van der Waals surface area contributed by atoms with E-state index < -0.39 is 12.0 Å². The predicted octanol–water partition coefficient (Wildman–Crippen LogP) is 5.68. The largest absolute Gasteiger partial charge is 0.490 e. The van der Waals surface area contributed by atoms with Gasteiger partial charge in [-0.25, -0.2) is 9.79 Å². The molecular weight excluding hydrogens is 682 g/mol. The van der Waals surface area contributed by atoms with Crippen LogP contribution in [0.1, 0.15) is 42.1 Å². The van der Waals surface area contributed by atoms with E-state index in [1.54, 1.807) is 48.5 Å². The molecule has 9 nitrogen and oxygen atoms in total. The Hall–Kier alpha value is -4.37. The molecule has 0 amide bonds. The van der Waals surface area contributed by atoms with Crippen molar-refractivity contribution >= 4 is 50.9 Å². The molecule has 1 aromatic heterocycles. The van der Waals surface area contributed by atoms with Crippen LogP contribution in [0.15, 0.2) is 80.6 Å². The van der Waals surface area contributed by atoms with Crippen LogP contribution >= 0.6 is 38.9 Å². The number of methoxy groups -OCH3 is 1. The van der Waals surface area contributed by atoms with Crippen LogP contribution in [0, 0.1) is 11.3 Å². The van der Waals surface area contributed by atoms with Crippen molar-refractivity contribution in [2.24, 2.45) is 4.99 Å². The van der Waals surface area contributed by atoms with Crippen molar-refractivity contribution in [1.82, 2.24) is 4.57 Å². The third kappa shape index (κ3) is 6.68. The second kappa shape index (κ2) is 14.2. The lowest BCUT2D eigenvalue weighted by atomic mass is 9.97. The monoisotopic (exact) mass is 707 g/mol. The first-order chi connectivity index (χ1) is 21.8. The zero-order chi connectivity index (χ0) is 32.1. The number of carbonyl (C=O) groups is 1. The molecule has 0 N–H and O–H groups in total.